The highest BCUT2D eigenvalue weighted by Gasteiger charge is 2.20. The lowest BCUT2D eigenvalue weighted by atomic mass is 10.0. The monoisotopic (exact) mass is 1050 g/mol. The maximum Gasteiger partial charge on any atom is 0.305 e. The zero-order valence-corrected chi connectivity index (χ0v) is 50.5. The van der Waals surface area contributed by atoms with Crippen LogP contribution in [0.5, 0.6) is 0 Å². The summed E-state index contributed by atoms with van der Waals surface area (Å²) in [4.78, 5) is 24.5. The molecule has 0 spiro atoms. The molecule has 0 heterocycles. The van der Waals surface area contributed by atoms with Crippen molar-refractivity contribution in [3.8, 4) is 0 Å². The maximum absolute atomic E-state index is 12.4. The van der Waals surface area contributed by atoms with Crippen molar-refractivity contribution in [2.75, 3.05) is 13.2 Å². The standard InChI is InChI=1S/C69H131NO5/c1-3-5-7-9-11-13-15-16-36-40-43-47-51-55-59-63-69(74)75-64-60-56-52-48-44-41-38-35-33-31-29-27-25-23-21-19-17-18-20-22-24-26-28-30-32-34-37-39-42-46-50-54-58-62-68(73)70-66(65-71)67(72)61-57-53-49-45-14-12-10-8-6-4-2/h11,13,16,21,23,36,66-67,71-72H,3-10,12,14-15,17-20,22,24-35,37-65H2,1-2H3,(H,70,73)/b13-11-,23-21-,36-16-. The lowest BCUT2D eigenvalue weighted by Gasteiger charge is -2.22. The zero-order valence-electron chi connectivity index (χ0n) is 50.5. The number of nitrogens with one attached hydrogen (secondary N) is 1. The van der Waals surface area contributed by atoms with Crippen molar-refractivity contribution < 1.29 is 24.5 Å². The third-order valence-corrected chi connectivity index (χ3v) is 15.7. The maximum atomic E-state index is 12.4. The van der Waals surface area contributed by atoms with Gasteiger partial charge < -0.3 is 20.3 Å². The predicted molar refractivity (Wildman–Crippen MR) is 329 cm³/mol. The molecule has 0 aromatic heterocycles. The third-order valence-electron chi connectivity index (χ3n) is 15.7. The average Bonchev–Trinajstić information content (AvgIpc) is 3.41. The first-order chi connectivity index (χ1) is 37.0. The molecule has 2 atom stereocenters. The summed E-state index contributed by atoms with van der Waals surface area (Å²) in [6.45, 7) is 4.92. The normalized spacial score (nSPS) is 12.7. The molecule has 6 nitrogen and oxygen atoms in total. The number of hydrogen-bond acceptors (Lipinski definition) is 5. The van der Waals surface area contributed by atoms with Crippen molar-refractivity contribution in [3.05, 3.63) is 36.5 Å². The van der Waals surface area contributed by atoms with Crippen LogP contribution in [0.4, 0.5) is 0 Å². The van der Waals surface area contributed by atoms with E-state index in [1.54, 1.807) is 0 Å². The number of hydrogen-bond donors (Lipinski definition) is 3. The molecule has 2 unspecified atom stereocenters. The summed E-state index contributed by atoms with van der Waals surface area (Å²) in [6.07, 6.45) is 82.0. The van der Waals surface area contributed by atoms with Crippen LogP contribution in [0.15, 0.2) is 36.5 Å². The Morgan fingerprint density at radius 2 is 0.667 bits per heavy atom. The molecule has 0 aliphatic rings. The van der Waals surface area contributed by atoms with Gasteiger partial charge in [-0.15, -0.1) is 0 Å². The predicted octanol–water partition coefficient (Wildman–Crippen LogP) is 21.5. The highest BCUT2D eigenvalue weighted by atomic mass is 16.5. The SMILES string of the molecule is CCCCC/C=C\C/C=C\CCCCCCCC(=O)OCCCCCCCCCCCCCC/C=C\CCCCCCCCCCCCCCCCCCCC(=O)NC(CO)C(O)CCCCCCCCCCCC. The van der Waals surface area contributed by atoms with E-state index in [1.165, 1.54) is 283 Å². The number of carbonyl (C=O) groups excluding carboxylic acids is 2. The van der Waals surface area contributed by atoms with E-state index < -0.39 is 12.1 Å². The minimum absolute atomic E-state index is 0.00470. The molecule has 0 saturated carbocycles. The van der Waals surface area contributed by atoms with Gasteiger partial charge in [-0.2, -0.15) is 0 Å². The summed E-state index contributed by atoms with van der Waals surface area (Å²) in [5.41, 5.74) is 0. The minimum atomic E-state index is -0.660. The number of carbonyl (C=O) groups is 2. The van der Waals surface area contributed by atoms with Crippen LogP contribution in [0.2, 0.25) is 0 Å². The van der Waals surface area contributed by atoms with Gasteiger partial charge in [-0.05, 0) is 83.5 Å². The molecule has 0 aliphatic heterocycles. The fourth-order valence-electron chi connectivity index (χ4n) is 10.5. The van der Waals surface area contributed by atoms with E-state index >= 15 is 0 Å². The smallest absolute Gasteiger partial charge is 0.305 e. The summed E-state index contributed by atoms with van der Waals surface area (Å²) < 4.78 is 5.48. The Hall–Kier alpha value is -1.92. The van der Waals surface area contributed by atoms with E-state index in [-0.39, 0.29) is 18.5 Å². The molecular weight excluding hydrogens is 923 g/mol. The molecule has 442 valence electrons. The highest BCUT2D eigenvalue weighted by Crippen LogP contribution is 2.18. The Labute approximate surface area is 468 Å². The van der Waals surface area contributed by atoms with E-state index in [0.29, 0.717) is 25.9 Å². The summed E-state index contributed by atoms with van der Waals surface area (Å²) in [6, 6.07) is -0.537. The number of aliphatic hydroxyl groups is 2. The van der Waals surface area contributed by atoms with Gasteiger partial charge in [-0.3, -0.25) is 9.59 Å². The van der Waals surface area contributed by atoms with Crippen molar-refractivity contribution in [2.45, 2.75) is 379 Å². The van der Waals surface area contributed by atoms with Gasteiger partial charge in [0.25, 0.3) is 0 Å². The highest BCUT2D eigenvalue weighted by molar-refractivity contribution is 5.76. The van der Waals surface area contributed by atoms with Gasteiger partial charge in [0.05, 0.1) is 25.4 Å². The van der Waals surface area contributed by atoms with Crippen molar-refractivity contribution in [3.63, 3.8) is 0 Å². The number of unbranched alkanes of at least 4 members (excludes halogenated alkanes) is 46. The molecule has 1 amide bonds. The summed E-state index contributed by atoms with van der Waals surface area (Å²) >= 11 is 0. The van der Waals surface area contributed by atoms with Gasteiger partial charge in [-0.25, -0.2) is 0 Å². The molecule has 0 rings (SSSR count). The van der Waals surface area contributed by atoms with E-state index in [4.69, 9.17) is 4.74 Å². The van der Waals surface area contributed by atoms with Crippen molar-refractivity contribution >= 4 is 11.9 Å². The van der Waals surface area contributed by atoms with E-state index in [0.717, 1.165) is 51.4 Å². The first-order valence-electron chi connectivity index (χ1n) is 33.7. The van der Waals surface area contributed by atoms with Gasteiger partial charge in [0, 0.05) is 12.8 Å². The lowest BCUT2D eigenvalue weighted by molar-refractivity contribution is -0.143. The Morgan fingerprint density at radius 1 is 0.373 bits per heavy atom. The second kappa shape index (κ2) is 64.6. The van der Waals surface area contributed by atoms with Crippen LogP contribution in [-0.4, -0.2) is 47.4 Å². The fourth-order valence-corrected chi connectivity index (χ4v) is 10.5. The molecule has 3 N–H and O–H groups in total. The Balaban J connectivity index is 3.33. The van der Waals surface area contributed by atoms with Crippen molar-refractivity contribution in [2.24, 2.45) is 0 Å². The number of esters is 1. The minimum Gasteiger partial charge on any atom is -0.466 e. The Morgan fingerprint density at radius 3 is 1.05 bits per heavy atom. The lowest BCUT2D eigenvalue weighted by Crippen LogP contribution is -2.45. The van der Waals surface area contributed by atoms with Gasteiger partial charge in [0.1, 0.15) is 0 Å². The molecule has 6 heteroatoms. The number of ether oxygens (including phenoxy) is 1. The number of aliphatic hydroxyl groups excluding tert-OH is 2. The van der Waals surface area contributed by atoms with Crippen LogP contribution in [-0.2, 0) is 14.3 Å². The molecular formula is C69H131NO5. The van der Waals surface area contributed by atoms with Crippen LogP contribution < -0.4 is 5.32 Å². The fraction of sp³-hybridized carbons (Fsp3) is 0.884. The van der Waals surface area contributed by atoms with Gasteiger partial charge in [-0.1, -0.05) is 307 Å². The molecule has 75 heavy (non-hydrogen) atoms. The Bertz CT molecular complexity index is 1210. The topological polar surface area (TPSA) is 95.9 Å². The number of allylic oxidation sites excluding steroid dienone is 6. The quantitative estimate of drug-likeness (QED) is 0.0320. The van der Waals surface area contributed by atoms with E-state index in [2.05, 4.69) is 55.6 Å². The molecule has 0 aliphatic carbocycles. The molecule has 0 fully saturated rings. The van der Waals surface area contributed by atoms with Crippen molar-refractivity contribution in [1.82, 2.24) is 5.32 Å². The molecule has 0 aromatic carbocycles. The van der Waals surface area contributed by atoms with E-state index in [1.807, 2.05) is 0 Å². The first-order valence-corrected chi connectivity index (χ1v) is 33.7. The average molecular weight is 1050 g/mol. The second-order valence-corrected chi connectivity index (χ2v) is 23.1. The van der Waals surface area contributed by atoms with E-state index in [9.17, 15) is 19.8 Å². The first kappa shape index (κ1) is 73.1. The summed E-state index contributed by atoms with van der Waals surface area (Å²) in [5, 5.41) is 23.2. The molecule has 0 radical (unpaired) electrons. The zero-order chi connectivity index (χ0) is 54.3. The number of rotatable bonds is 63. The number of amides is 1. The molecule has 0 bridgehead atoms. The van der Waals surface area contributed by atoms with Crippen LogP contribution >= 0.6 is 0 Å². The van der Waals surface area contributed by atoms with Crippen LogP contribution in [0.3, 0.4) is 0 Å². The van der Waals surface area contributed by atoms with Crippen LogP contribution in [0.1, 0.15) is 367 Å². The Kier molecular flexibility index (Phi) is 63.0. The van der Waals surface area contributed by atoms with Crippen LogP contribution in [0.25, 0.3) is 0 Å². The largest absolute Gasteiger partial charge is 0.466 e. The van der Waals surface area contributed by atoms with Gasteiger partial charge >= 0.3 is 5.97 Å². The molecule has 0 saturated heterocycles. The van der Waals surface area contributed by atoms with Gasteiger partial charge in [0.15, 0.2) is 0 Å². The molecule has 0 aromatic rings. The summed E-state index contributed by atoms with van der Waals surface area (Å²) in [7, 11) is 0. The second-order valence-electron chi connectivity index (χ2n) is 23.1. The summed E-state index contributed by atoms with van der Waals surface area (Å²) in [5.74, 6) is -0.0276. The van der Waals surface area contributed by atoms with Crippen LogP contribution in [0, 0.1) is 0 Å². The van der Waals surface area contributed by atoms with Gasteiger partial charge in [0.2, 0.25) is 5.91 Å². The van der Waals surface area contributed by atoms with Crippen molar-refractivity contribution in [1.29, 1.82) is 0 Å². The third kappa shape index (κ3) is 61.2.